The number of nitrogens with one attached hydrogen (secondary N) is 6. The highest BCUT2D eigenvalue weighted by molar-refractivity contribution is 7.98. The van der Waals surface area contributed by atoms with Gasteiger partial charge in [0.25, 0.3) is 0 Å². The molecular formula is C73H138N32O13S2. The first kappa shape index (κ1) is 109. The van der Waals surface area contributed by atoms with Gasteiger partial charge in [-0.15, -0.1) is 0 Å². The van der Waals surface area contributed by atoms with Crippen LogP contribution in [0, 0.1) is 41.4 Å². The Morgan fingerprint density at radius 3 is 0.808 bits per heavy atom. The molecule has 0 aliphatic rings. The van der Waals surface area contributed by atoms with Gasteiger partial charge < -0.3 is 135 Å². The van der Waals surface area contributed by atoms with E-state index < -0.39 is 175 Å². The highest BCUT2D eigenvalue weighted by Gasteiger charge is 2.37. The molecule has 0 aliphatic carbocycles. The minimum atomic E-state index is -1.45. The number of carbonyl (C=O) groups is 13. The molecule has 0 heterocycles. The Bertz CT molecular complexity index is 3500. The molecule has 0 fully saturated rings. The van der Waals surface area contributed by atoms with Crippen LogP contribution in [0.2, 0.25) is 0 Å². The molecule has 0 radical (unpaired) electrons. The Labute approximate surface area is 711 Å². The quantitative estimate of drug-likeness (QED) is 0.0116. The van der Waals surface area contributed by atoms with Crippen molar-refractivity contribution in [3.8, 4) is 0 Å². The Balaban J connectivity index is 8.04. The number of amides is 7. The van der Waals surface area contributed by atoms with Gasteiger partial charge in [0.05, 0.1) is 36.6 Å². The summed E-state index contributed by atoms with van der Waals surface area (Å²) < 4.78 is 0. The van der Waals surface area contributed by atoms with Crippen LogP contribution in [-0.2, 0) is 62.3 Å². The van der Waals surface area contributed by atoms with E-state index in [4.69, 9.17) is 103 Å². The zero-order valence-electron chi connectivity index (χ0n) is 69.7. The number of Topliss-reactive ketones (excluding diaryl/α,β-unsaturated/α-hetero) is 6. The molecule has 0 bridgehead atoms. The molecule has 0 spiro atoms. The maximum Gasteiger partial charge on any atom is 0.239 e. The number of hydrogen-bond acceptors (Lipinski definition) is 24. The minimum absolute atomic E-state index is 0.00989. The van der Waals surface area contributed by atoms with Crippen LogP contribution in [-0.4, -0.2) is 237 Å². The van der Waals surface area contributed by atoms with Crippen molar-refractivity contribution in [2.24, 2.45) is 185 Å². The van der Waals surface area contributed by atoms with Gasteiger partial charge in [0, 0.05) is 138 Å². The predicted molar refractivity (Wildman–Crippen MR) is 470 cm³/mol. The van der Waals surface area contributed by atoms with Gasteiger partial charge in [0.1, 0.15) is 11.8 Å². The second-order valence-electron chi connectivity index (χ2n) is 29.3. The number of ketones is 6. The summed E-state index contributed by atoms with van der Waals surface area (Å²) in [5.41, 5.74) is 102. The Morgan fingerprint density at radius 2 is 0.550 bits per heavy atom. The normalized spacial score (nSPS) is 13.9. The van der Waals surface area contributed by atoms with Crippen LogP contribution in [0.5, 0.6) is 0 Å². The van der Waals surface area contributed by atoms with Gasteiger partial charge in [0.15, 0.2) is 76.6 Å². The maximum atomic E-state index is 15.2. The third-order valence-corrected chi connectivity index (χ3v) is 20.2. The molecule has 0 saturated heterocycles. The molecule has 0 aliphatic heterocycles. The summed E-state index contributed by atoms with van der Waals surface area (Å²) in [5, 5.41) is 16.3. The zero-order chi connectivity index (χ0) is 90.8. The number of nitrogens with zero attached hydrogens (tertiary/aromatic N) is 8. The van der Waals surface area contributed by atoms with Crippen LogP contribution in [0.1, 0.15) is 174 Å². The second kappa shape index (κ2) is 63.2. The van der Waals surface area contributed by atoms with Crippen LogP contribution in [0.15, 0.2) is 39.9 Å². The maximum absolute atomic E-state index is 15.2. The molecular weight excluding hydrogens is 1600 g/mol. The second-order valence-corrected chi connectivity index (χ2v) is 30.6. The monoisotopic (exact) mass is 1740 g/mol. The van der Waals surface area contributed by atoms with E-state index in [0.717, 1.165) is 0 Å². The van der Waals surface area contributed by atoms with Gasteiger partial charge in [-0.3, -0.25) is 102 Å². The third kappa shape index (κ3) is 52.1. The molecule has 47 heteroatoms. The van der Waals surface area contributed by atoms with Gasteiger partial charge in [0.2, 0.25) is 41.4 Å². The third-order valence-electron chi connectivity index (χ3n) is 18.9. The van der Waals surface area contributed by atoms with Crippen molar-refractivity contribution in [3.05, 3.63) is 0 Å². The largest absolute Gasteiger partial charge is 0.370 e. The van der Waals surface area contributed by atoms with Crippen LogP contribution in [0.4, 0.5) is 0 Å². The number of rotatable bonds is 70. The number of unbranched alkanes of at least 4 members (excludes halogenated alkanes) is 1. The number of thiol groups is 1. The summed E-state index contributed by atoms with van der Waals surface area (Å²) in [5.74, 6) is -17.8. The van der Waals surface area contributed by atoms with E-state index in [9.17, 15) is 43.2 Å². The molecule has 680 valence electrons. The van der Waals surface area contributed by atoms with Crippen LogP contribution < -0.4 is 135 Å². The molecule has 0 saturated carbocycles. The lowest BCUT2D eigenvalue weighted by atomic mass is 9.88. The SMILES string of the molecule is CSC[C@H](C)C(=O)C[C@@H](C)C(=O)NCC(=O)C[C@H](CCCN=C(N)N)C(=O)N[C@H](CCCN=C(N)N)C(=O)C[C@H](CCCN=C(N)N)C(=O)N[C@H](CCCN=C(N)N)C(=O)C[C@H](CCCN=C(N)N)C(=O)N[C@H](CCCN=C(N)N)C(=O)C[C@H](CCCN=C(N)N)C(=O)N[C@H](CCCN=C(N)N)C(=O)C[C@H](CS)C(=O)N[C@H](CCCCN)C(N)=O. The lowest BCUT2D eigenvalue weighted by Crippen LogP contribution is -2.49. The molecule has 0 unspecified atom stereocenters. The fourth-order valence-corrected chi connectivity index (χ4v) is 13.4. The average molecular weight is 1740 g/mol. The Morgan fingerprint density at radius 1 is 0.300 bits per heavy atom. The van der Waals surface area contributed by atoms with E-state index in [1.54, 1.807) is 13.8 Å². The topological polar surface area (TPSA) is 861 Å². The van der Waals surface area contributed by atoms with Crippen molar-refractivity contribution in [2.45, 2.75) is 205 Å². The lowest BCUT2D eigenvalue weighted by Gasteiger charge is -2.27. The molecule has 0 aromatic rings. The van der Waals surface area contributed by atoms with Gasteiger partial charge in [-0.25, -0.2) is 0 Å². The summed E-state index contributed by atoms with van der Waals surface area (Å²) >= 11 is 5.83. The standard InChI is InChI=1S/C73H138N32O13S2/c1-41(32-54(107)42(2)40-120-3)60(113)100-38-48(106)33-43(14-6-24-92-66(76)77)61(114)101-49(19-10-28-96-70(84)85)55(108)34-44(15-7-25-93-67(78)79)62(115)102-50(20-11-29-97-71(86)87)56(109)35-45(16-8-26-94-68(80)81)63(116)103-51(21-12-30-98-72(88)89)57(110)36-46(17-9-27-95-69(82)83)64(117)104-52(22-13-31-99-73(90)91)58(111)37-47(39-119)65(118)105-53(59(75)112)18-4-5-23-74/h41-47,49-53,119H,4-40,74H2,1-3H3,(H2,75,112)(H,100,113)(H,101,114)(H,102,115)(H,103,116)(H,104,117)(H,105,118)(H4,76,77,92)(H4,78,79,93)(H4,80,81,94)(H4,82,83,95)(H4,84,85,96)(H4,86,87,97)(H4,88,89,98)(H4,90,91,99)/t41-,42+,43+,44+,45+,46+,47-,49-,50-,51-,52-,53-/m1/s1. The van der Waals surface area contributed by atoms with E-state index in [-0.39, 0.29) is 233 Å². The van der Waals surface area contributed by atoms with Crippen molar-refractivity contribution in [2.75, 3.05) is 83.2 Å². The van der Waals surface area contributed by atoms with E-state index >= 15 is 19.2 Å². The number of thioether (sulfide) groups is 1. The summed E-state index contributed by atoms with van der Waals surface area (Å²) in [6.45, 7) is 3.00. The molecule has 12 atom stereocenters. The highest BCUT2D eigenvalue weighted by atomic mass is 32.2. The van der Waals surface area contributed by atoms with Gasteiger partial charge >= 0.3 is 0 Å². The smallest absolute Gasteiger partial charge is 0.239 e. The van der Waals surface area contributed by atoms with E-state index in [2.05, 4.69) is 84.5 Å². The Hall–Kier alpha value is -10.9. The van der Waals surface area contributed by atoms with E-state index in [0.29, 0.717) is 25.1 Å². The van der Waals surface area contributed by atoms with Crippen LogP contribution in [0.25, 0.3) is 0 Å². The van der Waals surface area contributed by atoms with Crippen LogP contribution >= 0.6 is 24.4 Å². The fourth-order valence-electron chi connectivity index (χ4n) is 12.4. The summed E-state index contributed by atoms with van der Waals surface area (Å²) in [4.78, 5) is 217. The van der Waals surface area contributed by atoms with Crippen molar-refractivity contribution < 1.29 is 62.3 Å². The van der Waals surface area contributed by atoms with Gasteiger partial charge in [-0.1, -0.05) is 13.8 Å². The molecule has 45 nitrogen and oxygen atoms in total. The number of primary amides is 1. The molecule has 7 amide bonds. The summed E-state index contributed by atoms with van der Waals surface area (Å²) in [6.07, 6.45) is 0.251. The zero-order valence-corrected chi connectivity index (χ0v) is 71.4. The molecule has 0 aromatic carbocycles. The fraction of sp³-hybridized carbons (Fsp3) is 0.712. The number of aliphatic imine (C=N–C) groups is 8. The first-order chi connectivity index (χ1) is 56.7. The van der Waals surface area contributed by atoms with E-state index in [1.807, 2.05) is 6.26 Å². The average Bonchev–Trinajstić information content (AvgIpc) is 0.858. The molecule has 0 rings (SSSR count). The van der Waals surface area contributed by atoms with Crippen LogP contribution in [0.3, 0.4) is 0 Å². The van der Waals surface area contributed by atoms with Gasteiger partial charge in [-0.2, -0.15) is 24.4 Å². The summed E-state index contributed by atoms with van der Waals surface area (Å²) in [6, 6.07) is -6.66. The molecule has 120 heavy (non-hydrogen) atoms. The highest BCUT2D eigenvalue weighted by Crippen LogP contribution is 2.24. The first-order valence-corrected chi connectivity index (χ1v) is 42.2. The van der Waals surface area contributed by atoms with Crippen molar-refractivity contribution >= 4 is 148 Å². The summed E-state index contributed by atoms with van der Waals surface area (Å²) in [7, 11) is 0. The van der Waals surface area contributed by atoms with E-state index in [1.165, 1.54) is 11.8 Å². The minimum Gasteiger partial charge on any atom is -0.370 e. The Kier molecular flexibility index (Phi) is 57.5. The van der Waals surface area contributed by atoms with Crippen molar-refractivity contribution in [1.29, 1.82) is 0 Å². The lowest BCUT2D eigenvalue weighted by molar-refractivity contribution is -0.136. The van der Waals surface area contributed by atoms with Crippen molar-refractivity contribution in [1.82, 2.24) is 31.9 Å². The van der Waals surface area contributed by atoms with Crippen molar-refractivity contribution in [3.63, 3.8) is 0 Å². The number of carbonyl (C=O) groups excluding carboxylic acids is 13. The van der Waals surface area contributed by atoms with Gasteiger partial charge in [-0.05, 0) is 135 Å². The molecule has 42 N–H and O–H groups in total. The number of guanidine groups is 8. The number of hydrogen-bond donors (Lipinski definition) is 25. The number of nitrogens with two attached hydrogens (primary N) is 18. The first-order valence-electron chi connectivity index (χ1n) is 40.1. The predicted octanol–water partition coefficient (Wildman–Crippen LogP) is -7.03. The molecule has 0 aromatic heterocycles.